The molecule has 0 saturated carbocycles. The van der Waals surface area contributed by atoms with Crippen molar-refractivity contribution in [1.29, 1.82) is 0 Å². The van der Waals surface area contributed by atoms with Crippen LogP contribution in [0.5, 0.6) is 5.75 Å². The minimum Gasteiger partial charge on any atom is -0.493 e. The molecule has 1 aliphatic rings. The van der Waals surface area contributed by atoms with Gasteiger partial charge in [-0.05, 0) is 69.2 Å². The van der Waals surface area contributed by atoms with Crippen LogP contribution in [0.4, 0.5) is 0 Å². The Morgan fingerprint density at radius 2 is 2.03 bits per heavy atom. The maximum atomic E-state index is 12.9. The van der Waals surface area contributed by atoms with Crippen molar-refractivity contribution >= 4 is 17.5 Å². The predicted molar refractivity (Wildman–Crippen MR) is 125 cm³/mol. The second kappa shape index (κ2) is 9.44. The van der Waals surface area contributed by atoms with E-state index in [4.69, 9.17) is 9.84 Å². The summed E-state index contributed by atoms with van der Waals surface area (Å²) in [4.78, 5) is 21.6. The Balaban J connectivity index is 1.75. The highest BCUT2D eigenvalue weighted by molar-refractivity contribution is 7.97. The lowest BCUT2D eigenvalue weighted by Gasteiger charge is -2.29. The quantitative estimate of drug-likeness (QED) is 0.545. The van der Waals surface area contributed by atoms with Crippen molar-refractivity contribution in [3.05, 3.63) is 40.1 Å². The lowest BCUT2D eigenvalue weighted by Crippen LogP contribution is -2.27. The number of rotatable bonds is 7. The molecule has 31 heavy (non-hydrogen) atoms. The average molecular weight is 442 g/mol. The molecule has 4 rings (SSSR count). The summed E-state index contributed by atoms with van der Waals surface area (Å²) in [5, 5.41) is 4.78. The lowest BCUT2D eigenvalue weighted by molar-refractivity contribution is 0.308. The summed E-state index contributed by atoms with van der Waals surface area (Å²) >= 11 is 1.76. The van der Waals surface area contributed by atoms with E-state index in [1.807, 2.05) is 19.9 Å². The number of piperidine rings is 1. The smallest absolute Gasteiger partial charge is 0.277 e. The first kappa shape index (κ1) is 21.9. The average Bonchev–Trinajstić information content (AvgIpc) is 3.07. The third-order valence-electron chi connectivity index (χ3n) is 5.70. The molecule has 0 amide bonds. The van der Waals surface area contributed by atoms with Gasteiger partial charge in [-0.2, -0.15) is 0 Å². The molecule has 3 aromatic rings. The monoisotopic (exact) mass is 441 g/mol. The standard InChI is InChI=1S/C23H31N5O2S/c1-5-7-20-24-16(4)21-23(29)25-22(26-28(20)21)18-14-17(8-9-19(18)30-6-2)31-27-12-10-15(3)11-13-27/h8-9,14-15H,5-7,10-13H2,1-4H3,(H,25,26,29). The van der Waals surface area contributed by atoms with Crippen LogP contribution in [-0.2, 0) is 6.42 Å². The van der Waals surface area contributed by atoms with Gasteiger partial charge in [-0.3, -0.25) is 4.79 Å². The lowest BCUT2D eigenvalue weighted by atomic mass is 10.0. The number of ether oxygens (including phenoxy) is 1. The molecule has 0 aliphatic carbocycles. The number of nitrogens with zero attached hydrogens (tertiary/aromatic N) is 4. The van der Waals surface area contributed by atoms with E-state index >= 15 is 0 Å². The van der Waals surface area contributed by atoms with Crippen molar-refractivity contribution in [3.63, 3.8) is 0 Å². The van der Waals surface area contributed by atoms with Gasteiger partial charge in [-0.1, -0.05) is 13.8 Å². The van der Waals surface area contributed by atoms with Gasteiger partial charge in [0.25, 0.3) is 5.56 Å². The predicted octanol–water partition coefficient (Wildman–Crippen LogP) is 4.48. The maximum absolute atomic E-state index is 12.9. The Morgan fingerprint density at radius 1 is 1.26 bits per heavy atom. The van der Waals surface area contributed by atoms with Gasteiger partial charge in [0.2, 0.25) is 0 Å². The molecule has 0 radical (unpaired) electrons. The highest BCUT2D eigenvalue weighted by Crippen LogP contribution is 2.35. The molecule has 0 unspecified atom stereocenters. The summed E-state index contributed by atoms with van der Waals surface area (Å²) in [5.74, 6) is 2.83. The zero-order valence-electron chi connectivity index (χ0n) is 18.8. The minimum absolute atomic E-state index is 0.178. The fourth-order valence-corrected chi connectivity index (χ4v) is 4.99. The number of H-pyrrole nitrogens is 1. The van der Waals surface area contributed by atoms with E-state index in [0.717, 1.165) is 53.9 Å². The van der Waals surface area contributed by atoms with Crippen LogP contribution in [0, 0.1) is 12.8 Å². The first-order valence-electron chi connectivity index (χ1n) is 11.2. The van der Waals surface area contributed by atoms with Crippen molar-refractivity contribution in [2.75, 3.05) is 19.7 Å². The number of aryl methyl sites for hydroxylation is 2. The number of fused-ring (bicyclic) bond motifs is 1. The van der Waals surface area contributed by atoms with Crippen LogP contribution in [0.1, 0.15) is 51.6 Å². The van der Waals surface area contributed by atoms with E-state index in [1.165, 1.54) is 12.8 Å². The number of hydrogen-bond acceptors (Lipinski definition) is 6. The Morgan fingerprint density at radius 3 is 2.74 bits per heavy atom. The maximum Gasteiger partial charge on any atom is 0.277 e. The zero-order valence-corrected chi connectivity index (χ0v) is 19.6. The number of aromatic amines is 1. The molecular weight excluding hydrogens is 410 g/mol. The molecule has 2 aromatic heterocycles. The van der Waals surface area contributed by atoms with E-state index in [2.05, 4.69) is 40.3 Å². The number of nitrogens with one attached hydrogen (secondary N) is 1. The first-order chi connectivity index (χ1) is 15.0. The van der Waals surface area contributed by atoms with Gasteiger partial charge in [0.05, 0.1) is 17.9 Å². The third kappa shape index (κ3) is 4.65. The molecule has 1 N–H and O–H groups in total. The second-order valence-electron chi connectivity index (χ2n) is 8.22. The van der Waals surface area contributed by atoms with Gasteiger partial charge in [0.1, 0.15) is 11.6 Å². The van der Waals surface area contributed by atoms with E-state index in [1.54, 1.807) is 16.5 Å². The van der Waals surface area contributed by atoms with Crippen LogP contribution >= 0.6 is 11.9 Å². The summed E-state index contributed by atoms with van der Waals surface area (Å²) in [7, 11) is 0. The zero-order chi connectivity index (χ0) is 22.0. The molecule has 1 aliphatic heterocycles. The summed E-state index contributed by atoms with van der Waals surface area (Å²) in [6, 6.07) is 6.13. The third-order valence-corrected chi connectivity index (χ3v) is 6.79. The molecule has 8 heteroatoms. The molecule has 1 saturated heterocycles. The van der Waals surface area contributed by atoms with Crippen LogP contribution in [0.2, 0.25) is 0 Å². The van der Waals surface area contributed by atoms with E-state index < -0.39 is 0 Å². The van der Waals surface area contributed by atoms with Crippen molar-refractivity contribution < 1.29 is 4.74 Å². The van der Waals surface area contributed by atoms with Crippen LogP contribution in [0.15, 0.2) is 27.9 Å². The summed E-state index contributed by atoms with van der Waals surface area (Å²) in [6.07, 6.45) is 4.16. The molecule has 0 atom stereocenters. The van der Waals surface area contributed by atoms with Crippen molar-refractivity contribution in [2.45, 2.75) is 58.3 Å². The number of hydrogen-bond donors (Lipinski definition) is 1. The van der Waals surface area contributed by atoms with E-state index in [9.17, 15) is 4.79 Å². The first-order valence-corrected chi connectivity index (χ1v) is 12.0. The largest absolute Gasteiger partial charge is 0.493 e. The van der Waals surface area contributed by atoms with Gasteiger partial charge in [0.15, 0.2) is 11.3 Å². The number of imidazole rings is 1. The van der Waals surface area contributed by atoms with E-state index in [-0.39, 0.29) is 5.56 Å². The topological polar surface area (TPSA) is 75.5 Å². The van der Waals surface area contributed by atoms with Crippen molar-refractivity contribution in [2.24, 2.45) is 5.92 Å². The Hall–Kier alpha value is -2.32. The second-order valence-corrected chi connectivity index (χ2v) is 9.39. The number of aromatic nitrogens is 4. The van der Waals surface area contributed by atoms with Gasteiger partial charge in [-0.25, -0.2) is 13.8 Å². The summed E-state index contributed by atoms with van der Waals surface area (Å²) in [5.41, 5.74) is 1.84. The Kier molecular flexibility index (Phi) is 6.67. The molecule has 3 heterocycles. The summed E-state index contributed by atoms with van der Waals surface area (Å²) < 4.78 is 9.99. The SMILES string of the molecule is CCCc1nc(C)c2c(=O)[nH]c(-c3cc(SN4CCC(C)CC4)ccc3OCC)nn12. The minimum atomic E-state index is -0.178. The Bertz CT molecular complexity index is 1120. The van der Waals surface area contributed by atoms with Gasteiger partial charge >= 0.3 is 0 Å². The molecule has 7 nitrogen and oxygen atoms in total. The van der Waals surface area contributed by atoms with Gasteiger partial charge < -0.3 is 9.72 Å². The Labute approximate surface area is 187 Å². The molecule has 1 fully saturated rings. The van der Waals surface area contributed by atoms with Crippen LogP contribution in [0.25, 0.3) is 16.9 Å². The highest BCUT2D eigenvalue weighted by Gasteiger charge is 2.20. The van der Waals surface area contributed by atoms with Crippen molar-refractivity contribution in [1.82, 2.24) is 23.9 Å². The van der Waals surface area contributed by atoms with Gasteiger partial charge in [0, 0.05) is 24.4 Å². The molecule has 0 spiro atoms. The highest BCUT2D eigenvalue weighted by atomic mass is 32.2. The fourth-order valence-electron chi connectivity index (χ4n) is 4.00. The van der Waals surface area contributed by atoms with Crippen LogP contribution < -0.4 is 10.3 Å². The van der Waals surface area contributed by atoms with Crippen molar-refractivity contribution in [3.8, 4) is 17.1 Å². The normalized spacial score (nSPS) is 15.6. The molecule has 166 valence electrons. The molecule has 0 bridgehead atoms. The fraction of sp³-hybridized carbons (Fsp3) is 0.522. The number of benzene rings is 1. The van der Waals surface area contributed by atoms with Crippen LogP contribution in [-0.4, -0.2) is 43.6 Å². The van der Waals surface area contributed by atoms with E-state index in [0.29, 0.717) is 23.6 Å². The van der Waals surface area contributed by atoms with Crippen LogP contribution in [0.3, 0.4) is 0 Å². The summed E-state index contributed by atoms with van der Waals surface area (Å²) in [6.45, 7) is 10.9. The van der Waals surface area contributed by atoms with Gasteiger partial charge in [-0.15, -0.1) is 5.10 Å². The molecule has 1 aromatic carbocycles. The molecular formula is C23H31N5O2S.